The smallest absolute Gasteiger partial charge is 0.352 e. The number of aliphatic carboxylic acids is 1. The van der Waals surface area contributed by atoms with E-state index in [0.29, 0.717) is 28.8 Å². The van der Waals surface area contributed by atoms with Gasteiger partial charge < -0.3 is 21.0 Å². The molecule has 0 spiro atoms. The van der Waals surface area contributed by atoms with Gasteiger partial charge in [0.2, 0.25) is 5.16 Å². The minimum atomic E-state index is -1.21. The number of thioether (sulfide) groups is 2. The Morgan fingerprint density at radius 3 is 2.84 bits per heavy atom. The predicted molar refractivity (Wildman–Crippen MR) is 142 cm³/mol. The Hall–Kier alpha value is -3.18. The summed E-state index contributed by atoms with van der Waals surface area (Å²) in [6, 6.07) is -0.926. The van der Waals surface area contributed by atoms with Crippen LogP contribution in [-0.2, 0) is 26.3 Å². The van der Waals surface area contributed by atoms with Crippen molar-refractivity contribution in [1.29, 1.82) is 0 Å². The average molecular weight is 582 g/mol. The van der Waals surface area contributed by atoms with E-state index in [1.165, 1.54) is 33.1 Å². The second-order valence-corrected chi connectivity index (χ2v) is 11.3. The van der Waals surface area contributed by atoms with Crippen molar-refractivity contribution < 1.29 is 24.3 Å². The van der Waals surface area contributed by atoms with Crippen LogP contribution in [0, 0.1) is 0 Å². The van der Waals surface area contributed by atoms with Gasteiger partial charge in [-0.25, -0.2) is 14.5 Å². The summed E-state index contributed by atoms with van der Waals surface area (Å²) in [5.41, 5.74) is 6.37. The van der Waals surface area contributed by atoms with Crippen LogP contribution in [0.1, 0.15) is 38.3 Å². The van der Waals surface area contributed by atoms with E-state index in [2.05, 4.69) is 37.9 Å². The first-order valence-electron chi connectivity index (χ1n) is 11.8. The molecule has 38 heavy (non-hydrogen) atoms. The van der Waals surface area contributed by atoms with Gasteiger partial charge in [-0.1, -0.05) is 36.7 Å². The third kappa shape index (κ3) is 6.10. The number of rotatable bonds is 13. The Bertz CT molecular complexity index is 1260. The molecule has 2 aliphatic rings. The maximum atomic E-state index is 13.2. The first-order valence-corrected chi connectivity index (χ1v) is 14.7. The molecule has 0 radical (unpaired) electrons. The summed E-state index contributed by atoms with van der Waals surface area (Å²) in [4.78, 5) is 49.0. The Balaban J connectivity index is 1.44. The Morgan fingerprint density at radius 2 is 2.18 bits per heavy atom. The molecular weight excluding hydrogens is 554 g/mol. The number of oxime groups is 1. The number of carbonyl (C=O) groups is 3. The molecular formula is C21H27N9O5S3. The number of tetrazole rings is 1. The largest absolute Gasteiger partial charge is 0.477 e. The summed E-state index contributed by atoms with van der Waals surface area (Å²) >= 11 is 3.80. The van der Waals surface area contributed by atoms with Crippen LogP contribution in [0.5, 0.6) is 0 Å². The van der Waals surface area contributed by atoms with E-state index >= 15 is 0 Å². The molecule has 14 nitrogen and oxygen atoms in total. The lowest BCUT2D eigenvalue weighted by atomic mass is 10.0. The Labute approximate surface area is 230 Å². The lowest BCUT2D eigenvalue weighted by molar-refractivity contribution is -0.150. The summed E-state index contributed by atoms with van der Waals surface area (Å²) in [6.07, 6.45) is 3.93. The van der Waals surface area contributed by atoms with Gasteiger partial charge in [-0.05, 0) is 28.8 Å². The van der Waals surface area contributed by atoms with Crippen LogP contribution in [-0.4, -0.2) is 88.2 Å². The number of carboxylic acid groups (broad SMARTS) is 1. The number of aryl methyl sites for hydroxylation is 1. The number of hydrogen-bond acceptors (Lipinski definition) is 13. The highest BCUT2D eigenvalue weighted by atomic mass is 32.2. The van der Waals surface area contributed by atoms with Gasteiger partial charge in [0.1, 0.15) is 29.4 Å². The zero-order valence-corrected chi connectivity index (χ0v) is 23.1. The predicted octanol–water partition coefficient (Wildman–Crippen LogP) is 1.08. The number of aromatic nitrogens is 5. The number of unbranched alkanes of at least 4 members (excludes halogenated alkanes) is 3. The van der Waals surface area contributed by atoms with Gasteiger partial charge in [0.15, 0.2) is 10.8 Å². The first kappa shape index (κ1) is 27.8. The number of nitrogens with two attached hydrogens (primary N) is 1. The first-order chi connectivity index (χ1) is 18.3. The summed E-state index contributed by atoms with van der Waals surface area (Å²) in [5, 5.41) is 29.6. The fourth-order valence-electron chi connectivity index (χ4n) is 3.80. The summed E-state index contributed by atoms with van der Waals surface area (Å²) in [5.74, 6) is -1.72. The number of carbonyl (C=O) groups excluding carboxylic acids is 2. The molecule has 2 aromatic heterocycles. The number of anilines is 1. The lowest BCUT2D eigenvalue weighted by Crippen LogP contribution is -2.71. The maximum absolute atomic E-state index is 13.2. The van der Waals surface area contributed by atoms with Gasteiger partial charge in [0.25, 0.3) is 11.8 Å². The van der Waals surface area contributed by atoms with Crippen molar-refractivity contribution in [2.45, 2.75) is 49.2 Å². The van der Waals surface area contributed by atoms with Crippen molar-refractivity contribution in [2.75, 3.05) is 23.8 Å². The number of nitrogens with zero attached hydrogens (tertiary/aromatic N) is 7. The number of nitrogens with one attached hydrogen (secondary N) is 1. The van der Waals surface area contributed by atoms with Gasteiger partial charge in [-0.15, -0.1) is 28.2 Å². The zero-order valence-electron chi connectivity index (χ0n) is 20.7. The highest BCUT2D eigenvalue weighted by Crippen LogP contribution is 2.41. The third-order valence-electron chi connectivity index (χ3n) is 5.72. The van der Waals surface area contributed by atoms with Crippen LogP contribution >= 0.6 is 34.9 Å². The molecule has 0 saturated carbocycles. The van der Waals surface area contributed by atoms with E-state index in [1.54, 1.807) is 12.4 Å². The fraction of sp³-hybridized carbons (Fsp3) is 0.524. The molecule has 0 aromatic carbocycles. The molecule has 2 aromatic rings. The van der Waals surface area contributed by atoms with Crippen LogP contribution in [0.2, 0.25) is 0 Å². The van der Waals surface area contributed by atoms with E-state index in [-0.39, 0.29) is 22.2 Å². The fourth-order valence-corrected chi connectivity index (χ4v) is 6.69. The lowest BCUT2D eigenvalue weighted by Gasteiger charge is -2.49. The number of thiazole rings is 1. The highest BCUT2D eigenvalue weighted by Gasteiger charge is 2.54. The molecule has 4 rings (SSSR count). The number of nitrogen functional groups attached to an aromatic ring is 1. The second-order valence-electron chi connectivity index (χ2n) is 8.40. The summed E-state index contributed by atoms with van der Waals surface area (Å²) in [7, 11) is 1.68. The van der Waals surface area contributed by atoms with Gasteiger partial charge in [0.05, 0.1) is 0 Å². The third-order valence-corrected chi connectivity index (χ3v) is 8.83. The molecule has 1 fully saturated rings. The van der Waals surface area contributed by atoms with Crippen LogP contribution in [0.25, 0.3) is 0 Å². The van der Waals surface area contributed by atoms with Crippen LogP contribution in [0.3, 0.4) is 0 Å². The molecule has 4 heterocycles. The molecule has 2 amide bonds. The van der Waals surface area contributed by atoms with Gasteiger partial charge in [0, 0.05) is 23.9 Å². The molecule has 1 unspecified atom stereocenters. The summed E-state index contributed by atoms with van der Waals surface area (Å²) < 4.78 is 1.48. The minimum Gasteiger partial charge on any atom is -0.477 e. The van der Waals surface area contributed by atoms with Crippen LogP contribution < -0.4 is 11.1 Å². The monoisotopic (exact) mass is 581 g/mol. The highest BCUT2D eigenvalue weighted by molar-refractivity contribution is 8.01. The molecule has 17 heteroatoms. The van der Waals surface area contributed by atoms with E-state index < -0.39 is 29.2 Å². The van der Waals surface area contributed by atoms with Crippen molar-refractivity contribution in [3.05, 3.63) is 22.3 Å². The number of β-lactam (4-membered cyclic amide) rings is 1. The molecule has 2 atom stereocenters. The minimum absolute atomic E-state index is 0.0801. The molecule has 0 bridgehead atoms. The number of hydrogen-bond donors (Lipinski definition) is 3. The molecule has 0 aliphatic carbocycles. The van der Waals surface area contributed by atoms with Gasteiger partial charge in [-0.3, -0.25) is 14.5 Å². The molecule has 4 N–H and O–H groups in total. The normalized spacial score (nSPS) is 19.3. The van der Waals surface area contributed by atoms with E-state index in [0.717, 1.165) is 37.0 Å². The van der Waals surface area contributed by atoms with Crippen LogP contribution in [0.15, 0.2) is 27.0 Å². The average Bonchev–Trinajstić information content (AvgIpc) is 3.52. The van der Waals surface area contributed by atoms with E-state index in [4.69, 9.17) is 10.6 Å². The van der Waals surface area contributed by atoms with Crippen molar-refractivity contribution in [2.24, 2.45) is 12.2 Å². The SMILES string of the molecule is CCCCCCO/N=C(\C(=O)NC1C(=O)N2C(C(=O)O)=C(CSc3nnnn3C)CS[C@H]12)c1csc(N)n1. The molecule has 2 aliphatic heterocycles. The van der Waals surface area contributed by atoms with Gasteiger partial charge in [-0.2, -0.15) is 0 Å². The number of fused-ring (bicyclic) bond motifs is 1. The Morgan fingerprint density at radius 1 is 1.37 bits per heavy atom. The molecule has 1 saturated heterocycles. The van der Waals surface area contributed by atoms with E-state index in [1.807, 2.05) is 0 Å². The van der Waals surface area contributed by atoms with E-state index in [9.17, 15) is 19.5 Å². The standard InChI is InChI=1S/C21H27N9O5S3/c1-3-4-5-6-7-35-26-13(12-10-37-20(22)23-12)16(31)24-14-17(32)30-15(19(33)34)11(8-36-18(14)30)9-38-21-25-27-28-29(21)2/h10,14,18H,3-9H2,1-2H3,(H2,22,23)(H,24,31)(H,33,34)/b26-13-/t14?,18-/m1/s1. The zero-order chi connectivity index (χ0) is 27.2. The second kappa shape index (κ2) is 12.6. The topological polar surface area (TPSA) is 191 Å². The van der Waals surface area contributed by atoms with Gasteiger partial charge >= 0.3 is 5.97 Å². The van der Waals surface area contributed by atoms with Crippen molar-refractivity contribution in [3.63, 3.8) is 0 Å². The number of amides is 2. The van der Waals surface area contributed by atoms with Crippen LogP contribution in [0.4, 0.5) is 5.13 Å². The molecule has 204 valence electrons. The van der Waals surface area contributed by atoms with Crippen molar-refractivity contribution in [3.8, 4) is 0 Å². The Kier molecular flexibility index (Phi) is 9.22. The van der Waals surface area contributed by atoms with Crippen molar-refractivity contribution in [1.82, 2.24) is 35.4 Å². The maximum Gasteiger partial charge on any atom is 0.352 e. The number of carboxylic acids is 1. The summed E-state index contributed by atoms with van der Waals surface area (Å²) in [6.45, 7) is 2.44. The van der Waals surface area contributed by atoms with Crippen molar-refractivity contribution >= 4 is 63.5 Å². The quantitative estimate of drug-likeness (QED) is 0.100.